The minimum atomic E-state index is -0.0225. The maximum absolute atomic E-state index is 9.97. The molecule has 0 heterocycles. The van der Waals surface area contributed by atoms with E-state index in [4.69, 9.17) is 4.74 Å². The van der Waals surface area contributed by atoms with Crippen molar-refractivity contribution in [2.75, 3.05) is 12.4 Å². The number of methoxy groups -OCH3 is 1. The van der Waals surface area contributed by atoms with Crippen molar-refractivity contribution in [3.63, 3.8) is 0 Å². The number of nitrogens with one attached hydrogen (secondary N) is 1. The van der Waals surface area contributed by atoms with Crippen molar-refractivity contribution >= 4 is 21.6 Å². The highest BCUT2D eigenvalue weighted by atomic mass is 79.9. The monoisotopic (exact) mass is 335 g/mol. The fourth-order valence-electron chi connectivity index (χ4n) is 2.07. The number of phenols is 1. The zero-order chi connectivity index (χ0) is 14.7. The molecule has 2 aromatic rings. The number of hydrogen-bond donors (Lipinski definition) is 2. The molecule has 1 atom stereocenters. The smallest absolute Gasteiger partial charge is 0.121 e. The predicted octanol–water partition coefficient (Wildman–Crippen LogP) is 4.64. The van der Waals surface area contributed by atoms with E-state index in [1.165, 1.54) is 0 Å². The van der Waals surface area contributed by atoms with Crippen LogP contribution in [0.15, 0.2) is 40.9 Å². The van der Waals surface area contributed by atoms with Gasteiger partial charge in [-0.2, -0.15) is 0 Å². The van der Waals surface area contributed by atoms with Gasteiger partial charge in [0.15, 0.2) is 0 Å². The Morgan fingerprint density at radius 2 is 1.95 bits per heavy atom. The minimum Gasteiger partial charge on any atom is -0.508 e. The molecule has 0 aromatic heterocycles. The molecule has 0 fully saturated rings. The SMILES string of the molecule is COc1ccc(O)c(C(C)Nc2ccc(Br)c(C)c2)c1. The molecule has 106 valence electrons. The molecule has 0 amide bonds. The Kier molecular flexibility index (Phi) is 4.55. The zero-order valence-electron chi connectivity index (χ0n) is 11.8. The van der Waals surface area contributed by atoms with E-state index in [0.717, 1.165) is 27.0 Å². The van der Waals surface area contributed by atoms with Crippen LogP contribution in [0.3, 0.4) is 0 Å². The van der Waals surface area contributed by atoms with Gasteiger partial charge in [-0.05, 0) is 55.8 Å². The number of hydrogen-bond acceptors (Lipinski definition) is 3. The van der Waals surface area contributed by atoms with Gasteiger partial charge in [0, 0.05) is 15.7 Å². The molecule has 0 bridgehead atoms. The van der Waals surface area contributed by atoms with E-state index < -0.39 is 0 Å². The number of aryl methyl sites for hydroxylation is 1. The molecule has 2 aromatic carbocycles. The first kappa shape index (κ1) is 14.7. The molecule has 0 aliphatic rings. The van der Waals surface area contributed by atoms with E-state index in [-0.39, 0.29) is 11.8 Å². The first-order valence-corrected chi connectivity index (χ1v) is 7.20. The first-order valence-electron chi connectivity index (χ1n) is 6.41. The van der Waals surface area contributed by atoms with Crippen molar-refractivity contribution in [1.29, 1.82) is 0 Å². The summed E-state index contributed by atoms with van der Waals surface area (Å²) in [5.74, 6) is 0.998. The van der Waals surface area contributed by atoms with Crippen LogP contribution in [0.5, 0.6) is 11.5 Å². The standard InChI is InChI=1S/C16H18BrNO2/c1-10-8-12(4-6-15(10)17)18-11(2)14-9-13(20-3)5-7-16(14)19/h4-9,11,18-19H,1-3H3. The average Bonchev–Trinajstić information content (AvgIpc) is 2.43. The van der Waals surface area contributed by atoms with Crippen molar-refractivity contribution in [1.82, 2.24) is 0 Å². The minimum absolute atomic E-state index is 0.0225. The van der Waals surface area contributed by atoms with Gasteiger partial charge in [-0.25, -0.2) is 0 Å². The van der Waals surface area contributed by atoms with Gasteiger partial charge >= 0.3 is 0 Å². The highest BCUT2D eigenvalue weighted by molar-refractivity contribution is 9.10. The van der Waals surface area contributed by atoms with Gasteiger partial charge in [-0.3, -0.25) is 0 Å². The van der Waals surface area contributed by atoms with Crippen LogP contribution in [-0.2, 0) is 0 Å². The third kappa shape index (κ3) is 3.25. The van der Waals surface area contributed by atoms with E-state index in [0.29, 0.717) is 0 Å². The van der Waals surface area contributed by atoms with Gasteiger partial charge in [0.25, 0.3) is 0 Å². The van der Waals surface area contributed by atoms with E-state index >= 15 is 0 Å². The lowest BCUT2D eigenvalue weighted by Gasteiger charge is -2.18. The second-order valence-corrected chi connectivity index (χ2v) is 5.61. The summed E-state index contributed by atoms with van der Waals surface area (Å²) >= 11 is 3.49. The Morgan fingerprint density at radius 3 is 2.60 bits per heavy atom. The summed E-state index contributed by atoms with van der Waals surface area (Å²) < 4.78 is 6.28. The van der Waals surface area contributed by atoms with Crippen molar-refractivity contribution in [3.8, 4) is 11.5 Å². The third-order valence-corrected chi connectivity index (χ3v) is 4.13. The molecule has 0 spiro atoms. The summed E-state index contributed by atoms with van der Waals surface area (Å²) in [6, 6.07) is 11.3. The maximum Gasteiger partial charge on any atom is 0.121 e. The van der Waals surface area contributed by atoms with Crippen LogP contribution in [0, 0.1) is 6.92 Å². The molecule has 3 nitrogen and oxygen atoms in total. The number of rotatable bonds is 4. The molecular weight excluding hydrogens is 318 g/mol. The number of anilines is 1. The van der Waals surface area contributed by atoms with Crippen LogP contribution in [-0.4, -0.2) is 12.2 Å². The summed E-state index contributed by atoms with van der Waals surface area (Å²) in [7, 11) is 1.62. The van der Waals surface area contributed by atoms with Crippen LogP contribution in [0.1, 0.15) is 24.1 Å². The number of ether oxygens (including phenoxy) is 1. The van der Waals surface area contributed by atoms with Crippen molar-refractivity contribution in [3.05, 3.63) is 52.0 Å². The molecule has 0 saturated carbocycles. The fourth-order valence-corrected chi connectivity index (χ4v) is 2.32. The average molecular weight is 336 g/mol. The number of aromatic hydroxyl groups is 1. The van der Waals surface area contributed by atoms with Gasteiger partial charge in [0.1, 0.15) is 11.5 Å². The second kappa shape index (κ2) is 6.18. The molecule has 4 heteroatoms. The number of halogens is 1. The molecule has 2 rings (SSSR count). The van der Waals surface area contributed by atoms with Gasteiger partial charge in [-0.15, -0.1) is 0 Å². The topological polar surface area (TPSA) is 41.5 Å². The Bertz CT molecular complexity index is 613. The molecule has 1 unspecified atom stereocenters. The Labute approximate surface area is 127 Å². The van der Waals surface area contributed by atoms with Gasteiger partial charge in [0.2, 0.25) is 0 Å². The lowest BCUT2D eigenvalue weighted by Crippen LogP contribution is -2.07. The fraction of sp³-hybridized carbons (Fsp3) is 0.250. The lowest BCUT2D eigenvalue weighted by molar-refractivity contribution is 0.410. The zero-order valence-corrected chi connectivity index (χ0v) is 13.4. The van der Waals surface area contributed by atoms with Gasteiger partial charge < -0.3 is 15.2 Å². The maximum atomic E-state index is 9.97. The molecule has 0 radical (unpaired) electrons. The predicted molar refractivity (Wildman–Crippen MR) is 85.6 cm³/mol. The Hall–Kier alpha value is -1.68. The molecule has 2 N–H and O–H groups in total. The summed E-state index contributed by atoms with van der Waals surface area (Å²) in [5, 5.41) is 13.4. The van der Waals surface area contributed by atoms with E-state index in [2.05, 4.69) is 27.3 Å². The highest BCUT2D eigenvalue weighted by Crippen LogP contribution is 2.31. The van der Waals surface area contributed by atoms with Crippen LogP contribution in [0.25, 0.3) is 0 Å². The van der Waals surface area contributed by atoms with Crippen molar-refractivity contribution in [2.45, 2.75) is 19.9 Å². The summed E-state index contributed by atoms with van der Waals surface area (Å²) in [6.45, 7) is 4.05. The van der Waals surface area contributed by atoms with Crippen LogP contribution in [0.4, 0.5) is 5.69 Å². The van der Waals surface area contributed by atoms with Gasteiger partial charge in [0.05, 0.1) is 13.2 Å². The molecule has 0 aliphatic heterocycles. The van der Waals surface area contributed by atoms with Crippen LogP contribution >= 0.6 is 15.9 Å². The normalized spacial score (nSPS) is 12.0. The molecule has 0 aliphatic carbocycles. The largest absolute Gasteiger partial charge is 0.508 e. The number of benzene rings is 2. The molecular formula is C16H18BrNO2. The van der Waals surface area contributed by atoms with Crippen LogP contribution < -0.4 is 10.1 Å². The van der Waals surface area contributed by atoms with Gasteiger partial charge in [-0.1, -0.05) is 15.9 Å². The first-order chi connectivity index (χ1) is 9.51. The molecule has 20 heavy (non-hydrogen) atoms. The van der Waals surface area contributed by atoms with E-state index in [1.807, 2.05) is 32.0 Å². The third-order valence-electron chi connectivity index (χ3n) is 3.24. The van der Waals surface area contributed by atoms with E-state index in [9.17, 15) is 5.11 Å². The summed E-state index contributed by atoms with van der Waals surface area (Å²) in [6.07, 6.45) is 0. The van der Waals surface area contributed by atoms with Crippen molar-refractivity contribution < 1.29 is 9.84 Å². The second-order valence-electron chi connectivity index (χ2n) is 4.75. The Balaban J connectivity index is 2.23. The highest BCUT2D eigenvalue weighted by Gasteiger charge is 2.12. The van der Waals surface area contributed by atoms with Crippen LogP contribution in [0.2, 0.25) is 0 Å². The molecule has 0 saturated heterocycles. The number of phenolic OH excluding ortho intramolecular Hbond substituents is 1. The Morgan fingerprint density at radius 1 is 1.20 bits per heavy atom. The lowest BCUT2D eigenvalue weighted by atomic mass is 10.1. The van der Waals surface area contributed by atoms with Crippen molar-refractivity contribution in [2.24, 2.45) is 0 Å². The summed E-state index contributed by atoms with van der Waals surface area (Å²) in [4.78, 5) is 0. The quantitative estimate of drug-likeness (QED) is 0.854. The summed E-state index contributed by atoms with van der Waals surface area (Å²) in [5.41, 5.74) is 2.99. The van der Waals surface area contributed by atoms with E-state index in [1.54, 1.807) is 19.2 Å².